The van der Waals surface area contributed by atoms with E-state index in [1.165, 1.54) is 0 Å². The third-order valence-electron chi connectivity index (χ3n) is 4.05. The van der Waals surface area contributed by atoms with Crippen LogP contribution in [-0.4, -0.2) is 31.7 Å². The van der Waals surface area contributed by atoms with Crippen LogP contribution >= 0.6 is 0 Å². The monoisotopic (exact) mass is 340 g/mol. The van der Waals surface area contributed by atoms with Gasteiger partial charge in [0, 0.05) is 19.6 Å². The van der Waals surface area contributed by atoms with Gasteiger partial charge in [0.25, 0.3) is 0 Å². The molecule has 1 heterocycles. The van der Waals surface area contributed by atoms with Crippen LogP contribution in [0.4, 0.5) is 0 Å². The van der Waals surface area contributed by atoms with Crippen molar-refractivity contribution in [2.45, 2.75) is 25.7 Å². The number of hydrogen-bond acceptors (Lipinski definition) is 4. The molecule has 0 unspecified atom stereocenters. The van der Waals surface area contributed by atoms with Gasteiger partial charge < -0.3 is 20.1 Å². The van der Waals surface area contributed by atoms with Crippen LogP contribution in [0.1, 0.15) is 17.5 Å². The van der Waals surface area contributed by atoms with Crippen LogP contribution in [0.2, 0.25) is 0 Å². The smallest absolute Gasteiger partial charge is 0.222 e. The van der Waals surface area contributed by atoms with Crippen LogP contribution in [0.25, 0.3) is 0 Å². The van der Waals surface area contributed by atoms with Crippen molar-refractivity contribution in [3.63, 3.8) is 0 Å². The van der Waals surface area contributed by atoms with E-state index < -0.39 is 0 Å². The van der Waals surface area contributed by atoms with Gasteiger partial charge in [-0.2, -0.15) is 0 Å². The highest BCUT2D eigenvalue weighted by molar-refractivity contribution is 5.76. The van der Waals surface area contributed by atoms with Gasteiger partial charge in [0.2, 0.25) is 5.91 Å². The lowest BCUT2D eigenvalue weighted by atomic mass is 10.2. The first-order valence-corrected chi connectivity index (χ1v) is 8.64. The SMILES string of the molecule is O=C(C[C@@H]1CNCCO1)NCc1cccc(OCc2ccccc2)c1. The molecule has 0 spiro atoms. The molecule has 1 amide bonds. The number of benzene rings is 2. The molecule has 1 aliphatic rings. The molecule has 0 aromatic heterocycles. The second-order valence-corrected chi connectivity index (χ2v) is 6.10. The quantitative estimate of drug-likeness (QED) is 0.812. The molecular weight excluding hydrogens is 316 g/mol. The average molecular weight is 340 g/mol. The first-order valence-electron chi connectivity index (χ1n) is 8.64. The molecule has 2 N–H and O–H groups in total. The predicted molar refractivity (Wildman–Crippen MR) is 96.3 cm³/mol. The van der Waals surface area contributed by atoms with Crippen LogP contribution in [0.3, 0.4) is 0 Å². The van der Waals surface area contributed by atoms with E-state index in [0.717, 1.165) is 30.0 Å². The highest BCUT2D eigenvalue weighted by atomic mass is 16.5. The van der Waals surface area contributed by atoms with E-state index >= 15 is 0 Å². The molecular formula is C20H24N2O3. The maximum atomic E-state index is 12.0. The summed E-state index contributed by atoms with van der Waals surface area (Å²) in [5.41, 5.74) is 2.14. The molecule has 3 rings (SSSR count). The molecule has 1 fully saturated rings. The Kier molecular flexibility index (Phi) is 6.42. The van der Waals surface area contributed by atoms with Gasteiger partial charge in [0.15, 0.2) is 0 Å². The molecule has 1 saturated heterocycles. The fourth-order valence-electron chi connectivity index (χ4n) is 2.72. The Bertz CT molecular complexity index is 670. The molecule has 1 aliphatic heterocycles. The van der Waals surface area contributed by atoms with Gasteiger partial charge in [-0.1, -0.05) is 42.5 Å². The second kappa shape index (κ2) is 9.20. The summed E-state index contributed by atoms with van der Waals surface area (Å²) < 4.78 is 11.4. The Labute approximate surface area is 148 Å². The zero-order valence-corrected chi connectivity index (χ0v) is 14.2. The molecule has 5 heteroatoms. The maximum absolute atomic E-state index is 12.0. The summed E-state index contributed by atoms with van der Waals surface area (Å²) >= 11 is 0. The number of amides is 1. The van der Waals surface area contributed by atoms with Gasteiger partial charge in [-0.25, -0.2) is 0 Å². The van der Waals surface area contributed by atoms with E-state index in [9.17, 15) is 4.79 Å². The zero-order chi connectivity index (χ0) is 17.3. The molecule has 132 valence electrons. The van der Waals surface area contributed by atoms with Crippen LogP contribution in [-0.2, 0) is 22.7 Å². The summed E-state index contributed by atoms with van der Waals surface area (Å²) in [5.74, 6) is 0.805. The van der Waals surface area contributed by atoms with Gasteiger partial charge in [-0.05, 0) is 23.3 Å². The molecule has 1 atom stereocenters. The highest BCUT2D eigenvalue weighted by Crippen LogP contribution is 2.15. The van der Waals surface area contributed by atoms with E-state index in [1.54, 1.807) is 0 Å². The molecule has 2 aromatic carbocycles. The van der Waals surface area contributed by atoms with E-state index in [-0.39, 0.29) is 12.0 Å². The van der Waals surface area contributed by atoms with E-state index in [2.05, 4.69) is 10.6 Å². The lowest BCUT2D eigenvalue weighted by Crippen LogP contribution is -2.41. The Morgan fingerprint density at radius 2 is 2.00 bits per heavy atom. The largest absolute Gasteiger partial charge is 0.489 e. The predicted octanol–water partition coefficient (Wildman–Crippen LogP) is 2.26. The Hall–Kier alpha value is -2.37. The minimum atomic E-state index is -0.0331. The number of carbonyl (C=O) groups excluding carboxylic acids is 1. The topological polar surface area (TPSA) is 59.6 Å². The zero-order valence-electron chi connectivity index (χ0n) is 14.2. The number of nitrogens with one attached hydrogen (secondary N) is 2. The molecule has 5 nitrogen and oxygen atoms in total. The fourth-order valence-corrected chi connectivity index (χ4v) is 2.72. The van der Waals surface area contributed by atoms with Crippen molar-refractivity contribution in [3.05, 3.63) is 65.7 Å². The van der Waals surface area contributed by atoms with Crippen molar-refractivity contribution in [3.8, 4) is 5.75 Å². The minimum absolute atomic E-state index is 0.00399. The normalized spacial score (nSPS) is 17.0. The molecule has 0 saturated carbocycles. The summed E-state index contributed by atoms with van der Waals surface area (Å²) in [5, 5.41) is 6.17. The lowest BCUT2D eigenvalue weighted by molar-refractivity contribution is -0.124. The number of morpholine rings is 1. The Morgan fingerprint density at radius 1 is 1.16 bits per heavy atom. The summed E-state index contributed by atoms with van der Waals surface area (Å²) in [4.78, 5) is 12.0. The number of rotatable bonds is 7. The van der Waals surface area contributed by atoms with Crippen LogP contribution in [0.5, 0.6) is 5.75 Å². The first kappa shape index (κ1) is 17.5. The van der Waals surface area contributed by atoms with Crippen molar-refractivity contribution < 1.29 is 14.3 Å². The number of hydrogen-bond donors (Lipinski definition) is 2. The fraction of sp³-hybridized carbons (Fsp3) is 0.350. The Balaban J connectivity index is 1.45. The standard InChI is InChI=1S/C20H24N2O3/c23-20(12-19-14-21-9-10-24-19)22-13-17-7-4-8-18(11-17)25-15-16-5-2-1-3-6-16/h1-8,11,19,21H,9-10,12-15H2,(H,22,23)/t19-/m1/s1. The third kappa shape index (κ3) is 5.89. The second-order valence-electron chi connectivity index (χ2n) is 6.10. The number of ether oxygens (including phenoxy) is 2. The minimum Gasteiger partial charge on any atom is -0.489 e. The van der Waals surface area contributed by atoms with Gasteiger partial charge in [0.05, 0.1) is 19.1 Å². The van der Waals surface area contributed by atoms with Crippen molar-refractivity contribution in [1.82, 2.24) is 10.6 Å². The van der Waals surface area contributed by atoms with E-state index in [4.69, 9.17) is 9.47 Å². The Morgan fingerprint density at radius 3 is 2.80 bits per heavy atom. The van der Waals surface area contributed by atoms with Gasteiger partial charge >= 0.3 is 0 Å². The van der Waals surface area contributed by atoms with Crippen molar-refractivity contribution in [2.24, 2.45) is 0 Å². The van der Waals surface area contributed by atoms with Crippen molar-refractivity contribution in [1.29, 1.82) is 0 Å². The first-order chi connectivity index (χ1) is 12.3. The third-order valence-corrected chi connectivity index (χ3v) is 4.05. The summed E-state index contributed by atoms with van der Waals surface area (Å²) in [6, 6.07) is 17.9. The highest BCUT2D eigenvalue weighted by Gasteiger charge is 2.16. The molecule has 25 heavy (non-hydrogen) atoms. The molecule has 0 radical (unpaired) electrons. The molecule has 0 aliphatic carbocycles. The van der Waals surface area contributed by atoms with Crippen LogP contribution < -0.4 is 15.4 Å². The maximum Gasteiger partial charge on any atom is 0.222 e. The molecule has 2 aromatic rings. The average Bonchev–Trinajstić information content (AvgIpc) is 2.67. The number of carbonyl (C=O) groups is 1. The lowest BCUT2D eigenvalue weighted by Gasteiger charge is -2.23. The summed E-state index contributed by atoms with van der Waals surface area (Å²) in [7, 11) is 0. The van der Waals surface area contributed by atoms with Crippen molar-refractivity contribution in [2.75, 3.05) is 19.7 Å². The van der Waals surface area contributed by atoms with Crippen LogP contribution in [0, 0.1) is 0 Å². The van der Waals surface area contributed by atoms with Gasteiger partial charge in [-0.3, -0.25) is 4.79 Å². The van der Waals surface area contributed by atoms with Gasteiger partial charge in [-0.15, -0.1) is 0 Å². The van der Waals surface area contributed by atoms with E-state index in [1.807, 2.05) is 54.6 Å². The van der Waals surface area contributed by atoms with Crippen molar-refractivity contribution >= 4 is 5.91 Å². The molecule has 0 bridgehead atoms. The summed E-state index contributed by atoms with van der Waals surface area (Å²) in [6.45, 7) is 3.27. The summed E-state index contributed by atoms with van der Waals surface area (Å²) in [6.07, 6.45) is 0.353. The van der Waals surface area contributed by atoms with E-state index in [0.29, 0.717) is 26.2 Å². The van der Waals surface area contributed by atoms with Crippen LogP contribution in [0.15, 0.2) is 54.6 Å². The van der Waals surface area contributed by atoms with Gasteiger partial charge in [0.1, 0.15) is 12.4 Å².